The molecule has 0 saturated carbocycles. The van der Waals surface area contributed by atoms with Gasteiger partial charge in [-0.1, -0.05) is 13.8 Å². The van der Waals surface area contributed by atoms with Crippen molar-refractivity contribution in [2.24, 2.45) is 5.92 Å². The molecule has 1 aromatic heterocycles. The van der Waals surface area contributed by atoms with Gasteiger partial charge in [0.2, 0.25) is 0 Å². The van der Waals surface area contributed by atoms with Gasteiger partial charge in [0.15, 0.2) is 0 Å². The summed E-state index contributed by atoms with van der Waals surface area (Å²) in [5.41, 5.74) is -0.0334. The van der Waals surface area contributed by atoms with E-state index < -0.39 is 4.92 Å². The van der Waals surface area contributed by atoms with Crippen molar-refractivity contribution in [3.63, 3.8) is 0 Å². The van der Waals surface area contributed by atoms with Crippen molar-refractivity contribution in [3.8, 4) is 0 Å². The van der Waals surface area contributed by atoms with E-state index in [1.54, 1.807) is 0 Å². The predicted octanol–water partition coefficient (Wildman–Crippen LogP) is 1.85. The van der Waals surface area contributed by atoms with Gasteiger partial charge in [0.05, 0.1) is 29.7 Å². The molecule has 1 unspecified atom stereocenters. The number of aliphatic hydroxyl groups excluding tert-OH is 1. The Labute approximate surface area is 112 Å². The van der Waals surface area contributed by atoms with Gasteiger partial charge in [-0.25, -0.2) is 4.98 Å². The highest BCUT2D eigenvalue weighted by molar-refractivity contribution is 5.55. The molecule has 0 amide bonds. The third kappa shape index (κ3) is 4.36. The molecule has 0 fully saturated rings. The maximum atomic E-state index is 10.9. The zero-order valence-corrected chi connectivity index (χ0v) is 11.4. The summed E-state index contributed by atoms with van der Waals surface area (Å²) < 4.78 is 0. The van der Waals surface area contributed by atoms with E-state index in [1.165, 1.54) is 12.1 Å². The number of rotatable bonds is 7. The third-order valence-electron chi connectivity index (χ3n) is 2.71. The second-order valence-electron chi connectivity index (χ2n) is 4.56. The normalized spacial score (nSPS) is 12.3. The third-order valence-corrected chi connectivity index (χ3v) is 2.71. The minimum atomic E-state index is -0.461. The number of aliphatic hydroxyl groups is 1. The van der Waals surface area contributed by atoms with E-state index in [0.717, 1.165) is 0 Å². The van der Waals surface area contributed by atoms with Crippen molar-refractivity contribution in [1.29, 1.82) is 0 Å². The number of nitrogens with zero attached hydrogens (tertiary/aromatic N) is 2. The van der Waals surface area contributed by atoms with Crippen LogP contribution in [-0.4, -0.2) is 34.2 Å². The summed E-state index contributed by atoms with van der Waals surface area (Å²) in [7, 11) is 0. The van der Waals surface area contributed by atoms with Gasteiger partial charge in [-0.2, -0.15) is 0 Å². The van der Waals surface area contributed by atoms with Gasteiger partial charge in [0, 0.05) is 6.54 Å². The van der Waals surface area contributed by atoms with Gasteiger partial charge < -0.3 is 15.7 Å². The largest absolute Gasteiger partial charge is 0.394 e. The number of aromatic nitrogens is 1. The summed E-state index contributed by atoms with van der Waals surface area (Å²) in [6, 6.07) is 2.56. The van der Waals surface area contributed by atoms with Crippen LogP contribution in [0.15, 0.2) is 12.1 Å². The molecule has 0 aliphatic heterocycles. The summed E-state index contributed by atoms with van der Waals surface area (Å²) in [6.07, 6.45) is 0. The molecule has 0 radical (unpaired) electrons. The topological polar surface area (TPSA) is 100 Å². The lowest BCUT2D eigenvalue weighted by atomic mass is 10.1. The van der Waals surface area contributed by atoms with Crippen LogP contribution in [-0.2, 0) is 0 Å². The van der Waals surface area contributed by atoms with Crippen LogP contribution in [0.2, 0.25) is 0 Å². The molecule has 0 spiro atoms. The minimum absolute atomic E-state index is 0.0334. The molecule has 0 aromatic carbocycles. The Balaban J connectivity index is 3.01. The van der Waals surface area contributed by atoms with Crippen LogP contribution in [0.5, 0.6) is 0 Å². The molecule has 1 atom stereocenters. The summed E-state index contributed by atoms with van der Waals surface area (Å²) in [5.74, 6) is 1.02. The number of nitro groups is 1. The molecule has 1 heterocycles. The molecule has 0 aliphatic rings. The van der Waals surface area contributed by atoms with E-state index in [4.69, 9.17) is 0 Å². The van der Waals surface area contributed by atoms with Crippen molar-refractivity contribution in [2.75, 3.05) is 23.8 Å². The number of pyridine rings is 1. The maximum Gasteiger partial charge on any atom is 0.276 e. The van der Waals surface area contributed by atoms with Crippen LogP contribution in [0, 0.1) is 16.0 Å². The molecule has 7 heteroatoms. The van der Waals surface area contributed by atoms with Gasteiger partial charge in [-0.05, 0) is 12.8 Å². The second kappa shape index (κ2) is 6.89. The second-order valence-corrected chi connectivity index (χ2v) is 4.56. The van der Waals surface area contributed by atoms with E-state index in [2.05, 4.69) is 15.6 Å². The van der Waals surface area contributed by atoms with Gasteiger partial charge in [-0.15, -0.1) is 0 Å². The van der Waals surface area contributed by atoms with Crippen molar-refractivity contribution < 1.29 is 10.0 Å². The molecule has 19 heavy (non-hydrogen) atoms. The quantitative estimate of drug-likeness (QED) is 0.515. The molecule has 7 nitrogen and oxygen atoms in total. The van der Waals surface area contributed by atoms with E-state index in [0.29, 0.717) is 18.2 Å². The van der Waals surface area contributed by atoms with Gasteiger partial charge >= 0.3 is 0 Å². The fourth-order valence-electron chi connectivity index (χ4n) is 1.58. The summed E-state index contributed by atoms with van der Waals surface area (Å²) in [5, 5.41) is 26.1. The maximum absolute atomic E-state index is 10.9. The molecular formula is C12H20N4O3. The molecule has 0 aliphatic carbocycles. The first kappa shape index (κ1) is 15.2. The Morgan fingerprint density at radius 1 is 1.42 bits per heavy atom. The predicted molar refractivity (Wildman–Crippen MR) is 74.4 cm³/mol. The lowest BCUT2D eigenvalue weighted by molar-refractivity contribution is -0.384. The van der Waals surface area contributed by atoms with Crippen LogP contribution >= 0.6 is 0 Å². The van der Waals surface area contributed by atoms with Crippen LogP contribution in [0.1, 0.15) is 20.8 Å². The standard InChI is InChI=1S/C12H20N4O3/c1-4-13-11-5-9(16(18)19)6-12(15-11)14-10(7-17)8(2)3/h5-6,8,10,17H,4,7H2,1-3H3,(H2,13,14,15). The Kier molecular flexibility index (Phi) is 5.50. The Morgan fingerprint density at radius 3 is 2.53 bits per heavy atom. The Bertz CT molecular complexity index is 437. The van der Waals surface area contributed by atoms with Crippen LogP contribution < -0.4 is 10.6 Å². The highest BCUT2D eigenvalue weighted by Gasteiger charge is 2.16. The van der Waals surface area contributed by atoms with Gasteiger partial charge in [0.1, 0.15) is 11.6 Å². The molecule has 3 N–H and O–H groups in total. The molecule has 0 saturated heterocycles. The average molecular weight is 268 g/mol. The van der Waals surface area contributed by atoms with Gasteiger partial charge in [-0.3, -0.25) is 10.1 Å². The summed E-state index contributed by atoms with van der Waals surface area (Å²) >= 11 is 0. The molecule has 0 bridgehead atoms. The highest BCUT2D eigenvalue weighted by Crippen LogP contribution is 2.21. The SMILES string of the molecule is CCNc1cc([N+](=O)[O-])cc(NC(CO)C(C)C)n1. The van der Waals surface area contributed by atoms with Crippen LogP contribution in [0.3, 0.4) is 0 Å². The molecule has 1 rings (SSSR count). The summed E-state index contributed by atoms with van der Waals surface area (Å²) in [4.78, 5) is 14.6. The van der Waals surface area contributed by atoms with Crippen molar-refractivity contribution in [1.82, 2.24) is 4.98 Å². The minimum Gasteiger partial charge on any atom is -0.394 e. The molecular weight excluding hydrogens is 248 g/mol. The molecule has 1 aromatic rings. The monoisotopic (exact) mass is 268 g/mol. The lowest BCUT2D eigenvalue weighted by Gasteiger charge is -2.20. The van der Waals surface area contributed by atoms with Crippen LogP contribution in [0.25, 0.3) is 0 Å². The summed E-state index contributed by atoms with van der Waals surface area (Å²) in [6.45, 7) is 6.37. The number of hydrogen-bond donors (Lipinski definition) is 3. The number of anilines is 2. The number of nitrogens with one attached hydrogen (secondary N) is 2. The first-order valence-electron chi connectivity index (χ1n) is 6.25. The first-order valence-corrected chi connectivity index (χ1v) is 6.25. The molecule has 106 valence electrons. The van der Waals surface area contributed by atoms with Crippen molar-refractivity contribution >= 4 is 17.3 Å². The smallest absolute Gasteiger partial charge is 0.276 e. The van der Waals surface area contributed by atoms with Crippen molar-refractivity contribution in [3.05, 3.63) is 22.2 Å². The Morgan fingerprint density at radius 2 is 2.05 bits per heavy atom. The fourth-order valence-corrected chi connectivity index (χ4v) is 1.58. The first-order chi connectivity index (χ1) is 8.97. The van der Waals surface area contributed by atoms with E-state index >= 15 is 0 Å². The van der Waals surface area contributed by atoms with E-state index in [9.17, 15) is 15.2 Å². The lowest BCUT2D eigenvalue weighted by Crippen LogP contribution is -2.29. The zero-order valence-electron chi connectivity index (χ0n) is 11.4. The number of hydrogen-bond acceptors (Lipinski definition) is 6. The average Bonchev–Trinajstić information content (AvgIpc) is 2.35. The van der Waals surface area contributed by atoms with Gasteiger partial charge in [0.25, 0.3) is 5.69 Å². The van der Waals surface area contributed by atoms with Crippen LogP contribution in [0.4, 0.5) is 17.3 Å². The van der Waals surface area contributed by atoms with Crippen molar-refractivity contribution in [2.45, 2.75) is 26.8 Å². The zero-order chi connectivity index (χ0) is 14.4. The Hall–Kier alpha value is -1.89. The highest BCUT2D eigenvalue weighted by atomic mass is 16.6. The fraction of sp³-hybridized carbons (Fsp3) is 0.583. The van der Waals surface area contributed by atoms with E-state index in [-0.39, 0.29) is 24.3 Å². The van der Waals surface area contributed by atoms with E-state index in [1.807, 2.05) is 20.8 Å².